The summed E-state index contributed by atoms with van der Waals surface area (Å²) in [7, 11) is 0. The molecular weight excluding hydrogens is 591 g/mol. The van der Waals surface area contributed by atoms with Crippen molar-refractivity contribution in [2.75, 3.05) is 11.9 Å². The number of nitriles is 1. The summed E-state index contributed by atoms with van der Waals surface area (Å²) < 4.78 is 7.98. The van der Waals surface area contributed by atoms with E-state index >= 15 is 0 Å². The molecule has 0 unspecified atom stereocenters. The molecule has 0 fully saturated rings. The Labute approximate surface area is 216 Å². The fourth-order valence-electron chi connectivity index (χ4n) is 3.34. The Morgan fingerprint density at radius 1 is 1.15 bits per heavy atom. The number of rotatable bonds is 7. The quantitative estimate of drug-likeness (QED) is 0.174. The van der Waals surface area contributed by atoms with Gasteiger partial charge in [0, 0.05) is 25.7 Å². The van der Waals surface area contributed by atoms with E-state index in [0.29, 0.717) is 18.7 Å². The second kappa shape index (κ2) is 11.5. The minimum Gasteiger partial charge on any atom is -0.494 e. The van der Waals surface area contributed by atoms with Gasteiger partial charge < -0.3 is 10.1 Å². The Hall–Kier alpha value is -2.63. The van der Waals surface area contributed by atoms with Gasteiger partial charge in [0.05, 0.1) is 6.61 Å². The maximum atomic E-state index is 12.7. The standard InChI is InChI=1S/C27H24BrIN2O2/c1-4-33-26-14-19(13-25(29)23(26)15-20-7-5-6-8-24(20)28)12-21(16-30)27(32)31-22-10-9-17(2)18(3)11-22/h5-14H,4,15H2,1-3H3,(H,31,32)/b21-12+. The molecule has 33 heavy (non-hydrogen) atoms. The number of amides is 1. The first-order chi connectivity index (χ1) is 15.8. The molecule has 0 radical (unpaired) electrons. The molecule has 0 heterocycles. The summed E-state index contributed by atoms with van der Waals surface area (Å²) in [4.78, 5) is 12.7. The van der Waals surface area contributed by atoms with Crippen molar-refractivity contribution in [1.82, 2.24) is 0 Å². The molecule has 0 aromatic heterocycles. The van der Waals surface area contributed by atoms with Crippen LogP contribution in [-0.2, 0) is 11.2 Å². The predicted molar refractivity (Wildman–Crippen MR) is 145 cm³/mol. The number of carbonyl (C=O) groups excluding carboxylic acids is 1. The van der Waals surface area contributed by atoms with E-state index in [1.54, 1.807) is 6.08 Å². The summed E-state index contributed by atoms with van der Waals surface area (Å²) in [5.74, 6) is 0.310. The lowest BCUT2D eigenvalue weighted by Gasteiger charge is -2.15. The fraction of sp³-hybridized carbons (Fsp3) is 0.185. The van der Waals surface area contributed by atoms with Crippen LogP contribution in [-0.4, -0.2) is 12.5 Å². The van der Waals surface area contributed by atoms with Gasteiger partial charge in [-0.15, -0.1) is 0 Å². The Bertz CT molecular complexity index is 1260. The van der Waals surface area contributed by atoms with Gasteiger partial charge in [0.25, 0.3) is 5.91 Å². The second-order valence-electron chi connectivity index (χ2n) is 7.60. The molecule has 0 aliphatic rings. The molecule has 1 N–H and O–H groups in total. The highest BCUT2D eigenvalue weighted by atomic mass is 127. The largest absolute Gasteiger partial charge is 0.494 e. The third-order valence-corrected chi connectivity index (χ3v) is 6.98. The number of nitrogens with one attached hydrogen (secondary N) is 1. The summed E-state index contributed by atoms with van der Waals surface area (Å²) in [5, 5.41) is 12.5. The number of nitrogens with zero attached hydrogens (tertiary/aromatic N) is 1. The van der Waals surface area contributed by atoms with Gasteiger partial charge in [-0.05, 0) is 102 Å². The van der Waals surface area contributed by atoms with E-state index in [4.69, 9.17) is 4.74 Å². The third-order valence-electron chi connectivity index (χ3n) is 5.24. The highest BCUT2D eigenvalue weighted by Crippen LogP contribution is 2.31. The molecule has 3 aromatic rings. The third kappa shape index (κ3) is 6.46. The van der Waals surface area contributed by atoms with Crippen LogP contribution in [0.15, 0.2) is 64.6 Å². The van der Waals surface area contributed by atoms with Crippen LogP contribution in [0.4, 0.5) is 5.69 Å². The summed E-state index contributed by atoms with van der Waals surface area (Å²) in [5.41, 5.74) is 5.88. The Morgan fingerprint density at radius 2 is 1.91 bits per heavy atom. The molecule has 6 heteroatoms. The van der Waals surface area contributed by atoms with E-state index in [1.807, 2.05) is 75.4 Å². The Morgan fingerprint density at radius 3 is 2.58 bits per heavy atom. The Kier molecular flexibility index (Phi) is 8.70. The molecule has 0 bridgehead atoms. The first kappa shape index (κ1) is 25.0. The number of carbonyl (C=O) groups is 1. The van der Waals surface area contributed by atoms with Crippen molar-refractivity contribution in [3.05, 3.63) is 96.0 Å². The molecule has 0 saturated heterocycles. The van der Waals surface area contributed by atoms with E-state index < -0.39 is 5.91 Å². The summed E-state index contributed by atoms with van der Waals surface area (Å²) in [6, 6.07) is 19.7. The molecule has 0 aliphatic heterocycles. The summed E-state index contributed by atoms with van der Waals surface area (Å²) >= 11 is 5.90. The Balaban J connectivity index is 1.92. The minimum absolute atomic E-state index is 0.0324. The lowest BCUT2D eigenvalue weighted by Crippen LogP contribution is -2.13. The van der Waals surface area contributed by atoms with Crippen molar-refractivity contribution in [1.29, 1.82) is 5.26 Å². The van der Waals surface area contributed by atoms with Crippen LogP contribution in [0.3, 0.4) is 0 Å². The van der Waals surface area contributed by atoms with Crippen molar-refractivity contribution in [3.8, 4) is 11.8 Å². The van der Waals surface area contributed by atoms with Gasteiger partial charge in [-0.3, -0.25) is 4.79 Å². The van der Waals surface area contributed by atoms with Crippen LogP contribution < -0.4 is 10.1 Å². The zero-order chi connectivity index (χ0) is 24.0. The topological polar surface area (TPSA) is 62.1 Å². The van der Waals surface area contributed by atoms with Gasteiger partial charge in [0.2, 0.25) is 0 Å². The highest BCUT2D eigenvalue weighted by molar-refractivity contribution is 14.1. The molecule has 168 valence electrons. The molecule has 0 aliphatic carbocycles. The number of ether oxygens (including phenoxy) is 1. The van der Waals surface area contributed by atoms with Crippen LogP contribution in [0, 0.1) is 28.7 Å². The van der Waals surface area contributed by atoms with Crippen molar-refractivity contribution in [2.45, 2.75) is 27.2 Å². The number of benzene rings is 3. The average molecular weight is 615 g/mol. The monoisotopic (exact) mass is 614 g/mol. The van der Waals surface area contributed by atoms with E-state index in [2.05, 4.69) is 49.9 Å². The number of hydrogen-bond donors (Lipinski definition) is 1. The first-order valence-electron chi connectivity index (χ1n) is 10.5. The molecular formula is C27H24BrIN2O2. The zero-order valence-electron chi connectivity index (χ0n) is 18.7. The summed E-state index contributed by atoms with van der Waals surface area (Å²) in [6.07, 6.45) is 2.31. The predicted octanol–water partition coefficient (Wildman–Crippen LogP) is 7.21. The number of halogens is 2. The second-order valence-corrected chi connectivity index (χ2v) is 9.62. The van der Waals surface area contributed by atoms with Gasteiger partial charge in [0.15, 0.2) is 0 Å². The van der Waals surface area contributed by atoms with Crippen molar-refractivity contribution < 1.29 is 9.53 Å². The van der Waals surface area contributed by atoms with Gasteiger partial charge in [0.1, 0.15) is 17.4 Å². The number of aryl methyl sites for hydroxylation is 2. The smallest absolute Gasteiger partial charge is 0.266 e. The van der Waals surface area contributed by atoms with Crippen LogP contribution in [0.2, 0.25) is 0 Å². The molecule has 0 spiro atoms. The fourth-order valence-corrected chi connectivity index (χ4v) is 4.58. The maximum Gasteiger partial charge on any atom is 0.266 e. The zero-order valence-corrected chi connectivity index (χ0v) is 22.5. The maximum absolute atomic E-state index is 12.7. The molecule has 4 nitrogen and oxygen atoms in total. The normalized spacial score (nSPS) is 11.1. The molecule has 0 atom stereocenters. The van der Waals surface area contributed by atoms with Gasteiger partial charge >= 0.3 is 0 Å². The molecule has 3 aromatic carbocycles. The van der Waals surface area contributed by atoms with Crippen LogP contribution in [0.1, 0.15) is 34.7 Å². The van der Waals surface area contributed by atoms with E-state index in [0.717, 1.165) is 41.6 Å². The van der Waals surface area contributed by atoms with Crippen molar-refractivity contribution >= 4 is 56.2 Å². The minimum atomic E-state index is -0.439. The van der Waals surface area contributed by atoms with Crippen LogP contribution in [0.25, 0.3) is 6.08 Å². The number of hydrogen-bond acceptors (Lipinski definition) is 3. The number of anilines is 1. The first-order valence-corrected chi connectivity index (χ1v) is 12.4. The van der Waals surface area contributed by atoms with Crippen molar-refractivity contribution in [3.63, 3.8) is 0 Å². The van der Waals surface area contributed by atoms with E-state index in [9.17, 15) is 10.1 Å². The van der Waals surface area contributed by atoms with Crippen LogP contribution >= 0.6 is 38.5 Å². The average Bonchev–Trinajstić information content (AvgIpc) is 2.78. The molecule has 0 saturated carbocycles. The highest BCUT2D eigenvalue weighted by Gasteiger charge is 2.15. The van der Waals surface area contributed by atoms with Crippen LogP contribution in [0.5, 0.6) is 5.75 Å². The lowest BCUT2D eigenvalue weighted by atomic mass is 10.0. The SMILES string of the molecule is CCOc1cc(/C=C(\C#N)C(=O)Nc2ccc(C)c(C)c2)cc(I)c1Cc1ccccc1Br. The van der Waals surface area contributed by atoms with Crippen molar-refractivity contribution in [2.24, 2.45) is 0 Å². The van der Waals surface area contributed by atoms with Gasteiger partial charge in [-0.1, -0.05) is 40.2 Å². The summed E-state index contributed by atoms with van der Waals surface area (Å²) in [6.45, 7) is 6.46. The molecule has 1 amide bonds. The van der Waals surface area contributed by atoms with E-state index in [1.165, 1.54) is 0 Å². The van der Waals surface area contributed by atoms with Gasteiger partial charge in [-0.25, -0.2) is 0 Å². The van der Waals surface area contributed by atoms with E-state index in [-0.39, 0.29) is 5.57 Å². The van der Waals surface area contributed by atoms with Gasteiger partial charge in [-0.2, -0.15) is 5.26 Å². The molecule has 3 rings (SSSR count). The lowest BCUT2D eigenvalue weighted by molar-refractivity contribution is -0.112.